The van der Waals surface area contributed by atoms with Gasteiger partial charge in [0.2, 0.25) is 0 Å². The molecule has 1 aliphatic heterocycles. The Labute approximate surface area is 109 Å². The van der Waals surface area contributed by atoms with Crippen molar-refractivity contribution in [3.8, 4) is 0 Å². The minimum absolute atomic E-state index is 0.0474. The molecule has 18 heavy (non-hydrogen) atoms. The number of morpholine rings is 1. The normalized spacial score (nSPS) is 25.0. The lowest BCUT2D eigenvalue weighted by Gasteiger charge is -2.38. The topological polar surface area (TPSA) is 51.6 Å². The van der Waals surface area contributed by atoms with Gasteiger partial charge in [-0.05, 0) is 32.4 Å². The monoisotopic (exact) mass is 252 g/mol. The van der Waals surface area contributed by atoms with Gasteiger partial charge in [0.15, 0.2) is 0 Å². The molecule has 2 N–H and O–H groups in total. The lowest BCUT2D eigenvalue weighted by atomic mass is 10.0. The van der Waals surface area contributed by atoms with Crippen LogP contribution in [0.3, 0.4) is 0 Å². The number of hydrogen-bond donors (Lipinski definition) is 1. The molecule has 1 fully saturated rings. The Morgan fingerprint density at radius 1 is 1.50 bits per heavy atom. The van der Waals surface area contributed by atoms with Crippen LogP contribution < -0.4 is 5.73 Å². The van der Waals surface area contributed by atoms with Crippen molar-refractivity contribution >= 4 is 0 Å². The first-order chi connectivity index (χ1) is 8.61. The fraction of sp³-hybridized carbons (Fsp3) is 0.714. The van der Waals surface area contributed by atoms with Crippen LogP contribution in [0.4, 0.5) is 0 Å². The second-order valence-corrected chi connectivity index (χ2v) is 5.15. The Morgan fingerprint density at radius 2 is 2.28 bits per heavy atom. The number of furan rings is 1. The molecule has 102 valence electrons. The molecular formula is C14H24N2O2. The van der Waals surface area contributed by atoms with Crippen molar-refractivity contribution in [2.45, 2.75) is 45.4 Å². The van der Waals surface area contributed by atoms with Crippen molar-refractivity contribution in [2.24, 2.45) is 5.73 Å². The first kappa shape index (κ1) is 13.6. The van der Waals surface area contributed by atoms with Gasteiger partial charge in [-0.3, -0.25) is 4.90 Å². The summed E-state index contributed by atoms with van der Waals surface area (Å²) in [5.74, 6) is 1.91. The lowest BCUT2D eigenvalue weighted by Crippen LogP contribution is -2.48. The van der Waals surface area contributed by atoms with E-state index in [1.807, 2.05) is 26.0 Å². The average molecular weight is 252 g/mol. The molecule has 0 aliphatic carbocycles. The number of rotatable bonds is 4. The number of nitrogens with two attached hydrogens (primary N) is 1. The van der Waals surface area contributed by atoms with E-state index in [1.165, 1.54) is 0 Å². The third-order valence-corrected chi connectivity index (χ3v) is 3.57. The minimum Gasteiger partial charge on any atom is -0.465 e. The SMILES string of the molecule is CCC1CN(C(c2ccc(C)o2)C(C)N)CCO1. The van der Waals surface area contributed by atoms with Crippen molar-refractivity contribution in [3.05, 3.63) is 23.7 Å². The zero-order valence-corrected chi connectivity index (χ0v) is 11.6. The maximum absolute atomic E-state index is 6.15. The van der Waals surface area contributed by atoms with E-state index in [-0.39, 0.29) is 12.1 Å². The van der Waals surface area contributed by atoms with E-state index in [0.29, 0.717) is 6.10 Å². The van der Waals surface area contributed by atoms with Gasteiger partial charge in [0.25, 0.3) is 0 Å². The molecule has 1 aromatic heterocycles. The van der Waals surface area contributed by atoms with E-state index in [4.69, 9.17) is 14.9 Å². The predicted molar refractivity (Wildman–Crippen MR) is 71.4 cm³/mol. The van der Waals surface area contributed by atoms with Gasteiger partial charge >= 0.3 is 0 Å². The third kappa shape index (κ3) is 2.94. The van der Waals surface area contributed by atoms with Gasteiger partial charge in [0.1, 0.15) is 11.5 Å². The van der Waals surface area contributed by atoms with Crippen LogP contribution in [0.2, 0.25) is 0 Å². The van der Waals surface area contributed by atoms with Gasteiger partial charge in [-0.2, -0.15) is 0 Å². The third-order valence-electron chi connectivity index (χ3n) is 3.57. The predicted octanol–water partition coefficient (Wildman–Crippen LogP) is 2.09. The average Bonchev–Trinajstić information content (AvgIpc) is 2.75. The summed E-state index contributed by atoms with van der Waals surface area (Å²) in [7, 11) is 0. The van der Waals surface area contributed by atoms with E-state index < -0.39 is 0 Å². The van der Waals surface area contributed by atoms with Crippen LogP contribution in [-0.2, 0) is 4.74 Å². The van der Waals surface area contributed by atoms with E-state index in [1.54, 1.807) is 0 Å². The highest BCUT2D eigenvalue weighted by molar-refractivity contribution is 5.12. The molecule has 2 rings (SSSR count). The molecule has 0 amide bonds. The molecule has 2 heterocycles. The summed E-state index contributed by atoms with van der Waals surface area (Å²) in [5.41, 5.74) is 6.15. The molecule has 0 radical (unpaired) electrons. The zero-order chi connectivity index (χ0) is 13.1. The largest absolute Gasteiger partial charge is 0.465 e. The van der Waals surface area contributed by atoms with Gasteiger partial charge in [-0.1, -0.05) is 6.92 Å². The molecule has 3 atom stereocenters. The van der Waals surface area contributed by atoms with E-state index in [0.717, 1.165) is 37.6 Å². The first-order valence-electron chi connectivity index (χ1n) is 6.79. The molecule has 0 spiro atoms. The molecular weight excluding hydrogens is 228 g/mol. The van der Waals surface area contributed by atoms with Crippen LogP contribution in [0.25, 0.3) is 0 Å². The zero-order valence-electron chi connectivity index (χ0n) is 11.6. The number of hydrogen-bond acceptors (Lipinski definition) is 4. The molecule has 1 saturated heterocycles. The molecule has 0 aromatic carbocycles. The summed E-state index contributed by atoms with van der Waals surface area (Å²) in [6.45, 7) is 8.80. The standard InChI is InChI=1S/C14H24N2O2/c1-4-12-9-16(7-8-17-12)14(11(3)15)13-6-5-10(2)18-13/h5-6,11-12,14H,4,7-9,15H2,1-3H3. The highest BCUT2D eigenvalue weighted by Gasteiger charge is 2.30. The summed E-state index contributed by atoms with van der Waals surface area (Å²) in [6.07, 6.45) is 1.36. The molecule has 1 aliphatic rings. The number of ether oxygens (including phenoxy) is 1. The first-order valence-corrected chi connectivity index (χ1v) is 6.79. The Kier molecular flexibility index (Phi) is 4.43. The molecule has 4 heteroatoms. The molecule has 4 nitrogen and oxygen atoms in total. The van der Waals surface area contributed by atoms with E-state index in [2.05, 4.69) is 11.8 Å². The molecule has 3 unspecified atom stereocenters. The van der Waals surface area contributed by atoms with Crippen LogP contribution in [0, 0.1) is 6.92 Å². The second-order valence-electron chi connectivity index (χ2n) is 5.15. The van der Waals surface area contributed by atoms with E-state index >= 15 is 0 Å². The van der Waals surface area contributed by atoms with Crippen molar-refractivity contribution in [1.29, 1.82) is 0 Å². The Balaban J connectivity index is 2.14. The maximum atomic E-state index is 6.15. The van der Waals surface area contributed by atoms with Crippen molar-refractivity contribution in [3.63, 3.8) is 0 Å². The van der Waals surface area contributed by atoms with Crippen LogP contribution >= 0.6 is 0 Å². The fourth-order valence-electron chi connectivity index (χ4n) is 2.63. The number of aryl methyl sites for hydroxylation is 1. The highest BCUT2D eigenvalue weighted by atomic mass is 16.5. The summed E-state index contributed by atoms with van der Waals surface area (Å²) in [4.78, 5) is 2.39. The van der Waals surface area contributed by atoms with Gasteiger partial charge in [0, 0.05) is 19.1 Å². The number of nitrogens with zero attached hydrogens (tertiary/aromatic N) is 1. The molecule has 1 aromatic rings. The highest BCUT2D eigenvalue weighted by Crippen LogP contribution is 2.27. The Morgan fingerprint density at radius 3 is 2.83 bits per heavy atom. The smallest absolute Gasteiger partial charge is 0.122 e. The molecule has 0 saturated carbocycles. The van der Waals surface area contributed by atoms with Gasteiger partial charge < -0.3 is 14.9 Å². The van der Waals surface area contributed by atoms with Crippen LogP contribution in [-0.4, -0.2) is 36.7 Å². The van der Waals surface area contributed by atoms with Crippen LogP contribution in [0.15, 0.2) is 16.5 Å². The van der Waals surface area contributed by atoms with Gasteiger partial charge in [-0.25, -0.2) is 0 Å². The van der Waals surface area contributed by atoms with Crippen molar-refractivity contribution < 1.29 is 9.15 Å². The minimum atomic E-state index is 0.0474. The lowest BCUT2D eigenvalue weighted by molar-refractivity contribution is -0.0507. The summed E-state index contributed by atoms with van der Waals surface area (Å²) in [5, 5.41) is 0. The van der Waals surface area contributed by atoms with Crippen LogP contribution in [0.5, 0.6) is 0 Å². The fourth-order valence-corrected chi connectivity index (χ4v) is 2.63. The molecule has 0 bridgehead atoms. The van der Waals surface area contributed by atoms with Crippen molar-refractivity contribution in [2.75, 3.05) is 19.7 Å². The van der Waals surface area contributed by atoms with Gasteiger partial charge in [0.05, 0.1) is 18.8 Å². The van der Waals surface area contributed by atoms with Gasteiger partial charge in [-0.15, -0.1) is 0 Å². The maximum Gasteiger partial charge on any atom is 0.122 e. The Hall–Kier alpha value is -0.840. The summed E-state index contributed by atoms with van der Waals surface area (Å²) >= 11 is 0. The summed E-state index contributed by atoms with van der Waals surface area (Å²) in [6, 6.07) is 4.24. The van der Waals surface area contributed by atoms with Crippen LogP contribution in [0.1, 0.15) is 37.8 Å². The quantitative estimate of drug-likeness (QED) is 0.891. The van der Waals surface area contributed by atoms with E-state index in [9.17, 15) is 0 Å². The Bertz CT molecular complexity index is 376. The second kappa shape index (κ2) is 5.87. The van der Waals surface area contributed by atoms with Crippen molar-refractivity contribution in [1.82, 2.24) is 4.90 Å². The summed E-state index contributed by atoms with van der Waals surface area (Å²) < 4.78 is 11.5.